The summed E-state index contributed by atoms with van der Waals surface area (Å²) < 4.78 is 0. The first-order valence-corrected chi connectivity index (χ1v) is 9.89. The van der Waals surface area contributed by atoms with Crippen molar-refractivity contribution in [3.63, 3.8) is 0 Å². The van der Waals surface area contributed by atoms with E-state index < -0.39 is 0 Å². The maximum Gasteiger partial charge on any atom is 0.193 e. The average Bonchev–Trinajstić information content (AvgIpc) is 2.73. The summed E-state index contributed by atoms with van der Waals surface area (Å²) in [6.07, 6.45) is 0. The summed E-state index contributed by atoms with van der Waals surface area (Å²) in [5.41, 5.74) is 3.42. The molecule has 0 aliphatic carbocycles. The van der Waals surface area contributed by atoms with Crippen molar-refractivity contribution in [2.24, 2.45) is 0 Å². The monoisotopic (exact) mass is 386 g/mol. The first kappa shape index (κ1) is 18.4. The lowest BCUT2D eigenvalue weighted by Gasteiger charge is -2.37. The van der Waals surface area contributed by atoms with Gasteiger partial charge in [-0.3, -0.25) is 4.79 Å². The molecule has 4 rings (SSSR count). The SMILES string of the molecule is CCN1C(=S)NC(c2cccc3ccccc23)C(C(=O)c2ccccc2)=C1C. The van der Waals surface area contributed by atoms with Crippen LogP contribution < -0.4 is 5.32 Å². The number of ketones is 1. The molecule has 0 aromatic heterocycles. The summed E-state index contributed by atoms with van der Waals surface area (Å²) in [5, 5.41) is 6.37. The van der Waals surface area contributed by atoms with E-state index in [4.69, 9.17) is 12.2 Å². The lowest BCUT2D eigenvalue weighted by Crippen LogP contribution is -2.47. The molecule has 0 spiro atoms. The normalized spacial score (nSPS) is 17.0. The third kappa shape index (κ3) is 3.10. The Morgan fingerprint density at radius 3 is 2.43 bits per heavy atom. The quantitative estimate of drug-likeness (QED) is 0.490. The Balaban J connectivity index is 1.92. The van der Waals surface area contributed by atoms with E-state index in [-0.39, 0.29) is 11.8 Å². The van der Waals surface area contributed by atoms with Crippen LogP contribution in [0.2, 0.25) is 0 Å². The topological polar surface area (TPSA) is 32.3 Å². The number of hydrogen-bond donors (Lipinski definition) is 1. The molecule has 28 heavy (non-hydrogen) atoms. The summed E-state index contributed by atoms with van der Waals surface area (Å²) >= 11 is 5.63. The number of carbonyl (C=O) groups excluding carboxylic acids is 1. The van der Waals surface area contributed by atoms with Crippen LogP contribution in [0.25, 0.3) is 10.8 Å². The van der Waals surface area contributed by atoms with Gasteiger partial charge in [0.05, 0.1) is 6.04 Å². The fraction of sp³-hybridized carbons (Fsp3) is 0.167. The molecule has 1 aliphatic heterocycles. The van der Waals surface area contributed by atoms with Gasteiger partial charge in [-0.05, 0) is 42.4 Å². The largest absolute Gasteiger partial charge is 0.351 e. The molecule has 1 unspecified atom stereocenters. The minimum atomic E-state index is -0.283. The molecule has 0 fully saturated rings. The number of hydrogen-bond acceptors (Lipinski definition) is 2. The third-order valence-corrected chi connectivity index (χ3v) is 5.67. The Morgan fingerprint density at radius 2 is 1.68 bits per heavy atom. The van der Waals surface area contributed by atoms with Crippen molar-refractivity contribution in [3.05, 3.63) is 95.2 Å². The highest BCUT2D eigenvalue weighted by Gasteiger charge is 2.34. The molecule has 0 radical (unpaired) electrons. The number of allylic oxidation sites excluding steroid dienone is 1. The molecule has 3 aromatic carbocycles. The van der Waals surface area contributed by atoms with Crippen LogP contribution in [0.4, 0.5) is 0 Å². The molecular weight excluding hydrogens is 364 g/mol. The number of fused-ring (bicyclic) bond motifs is 1. The number of thiocarbonyl (C=S) groups is 1. The highest BCUT2D eigenvalue weighted by Crippen LogP contribution is 2.36. The van der Waals surface area contributed by atoms with Crippen LogP contribution >= 0.6 is 12.2 Å². The van der Waals surface area contributed by atoms with Gasteiger partial charge in [-0.2, -0.15) is 0 Å². The molecule has 3 aromatic rings. The summed E-state index contributed by atoms with van der Waals surface area (Å²) in [7, 11) is 0. The molecule has 4 heteroatoms. The van der Waals surface area contributed by atoms with Crippen molar-refractivity contribution >= 4 is 33.9 Å². The molecule has 1 aliphatic rings. The van der Waals surface area contributed by atoms with Crippen molar-refractivity contribution in [2.45, 2.75) is 19.9 Å². The zero-order chi connectivity index (χ0) is 19.7. The Bertz CT molecular complexity index is 1080. The standard InChI is InChI=1S/C24H22N2OS/c1-3-26-16(2)21(23(27)18-11-5-4-6-12-18)22(25-24(26)28)20-15-9-13-17-10-7-8-14-19(17)20/h4-15,22H,3H2,1-2H3,(H,25,28). The first-order valence-electron chi connectivity index (χ1n) is 9.48. The van der Waals surface area contributed by atoms with Gasteiger partial charge in [-0.1, -0.05) is 72.8 Å². The molecule has 0 saturated heterocycles. The van der Waals surface area contributed by atoms with Crippen molar-refractivity contribution in [1.82, 2.24) is 10.2 Å². The molecule has 0 bridgehead atoms. The Morgan fingerprint density at radius 1 is 1.00 bits per heavy atom. The highest BCUT2D eigenvalue weighted by molar-refractivity contribution is 7.80. The molecule has 1 N–H and O–H groups in total. The summed E-state index contributed by atoms with van der Waals surface area (Å²) in [5.74, 6) is 0.0319. The van der Waals surface area contributed by atoms with E-state index in [2.05, 4.69) is 29.6 Å². The van der Waals surface area contributed by atoms with Gasteiger partial charge >= 0.3 is 0 Å². The molecule has 3 nitrogen and oxygen atoms in total. The van der Waals surface area contributed by atoms with Crippen LogP contribution in [-0.4, -0.2) is 22.3 Å². The predicted octanol–water partition coefficient (Wildman–Crippen LogP) is 5.25. The first-order chi connectivity index (χ1) is 13.6. The van der Waals surface area contributed by atoms with E-state index >= 15 is 0 Å². The number of rotatable bonds is 4. The van der Waals surface area contributed by atoms with Crippen LogP contribution in [0.3, 0.4) is 0 Å². The van der Waals surface area contributed by atoms with E-state index in [1.54, 1.807) is 0 Å². The Labute approximate surface area is 170 Å². The molecule has 1 heterocycles. The van der Waals surface area contributed by atoms with Gasteiger partial charge < -0.3 is 10.2 Å². The van der Waals surface area contributed by atoms with Gasteiger partial charge in [0.2, 0.25) is 0 Å². The lowest BCUT2D eigenvalue weighted by molar-refractivity contribution is 0.102. The molecule has 0 amide bonds. The lowest BCUT2D eigenvalue weighted by atomic mass is 9.87. The maximum atomic E-state index is 13.5. The van der Waals surface area contributed by atoms with Gasteiger partial charge in [0.15, 0.2) is 10.9 Å². The maximum absolute atomic E-state index is 13.5. The van der Waals surface area contributed by atoms with Crippen LogP contribution in [0.1, 0.15) is 35.8 Å². The fourth-order valence-electron chi connectivity index (χ4n) is 3.94. The highest BCUT2D eigenvalue weighted by atomic mass is 32.1. The van der Waals surface area contributed by atoms with Crippen LogP contribution in [0, 0.1) is 0 Å². The number of nitrogens with zero attached hydrogens (tertiary/aromatic N) is 1. The zero-order valence-electron chi connectivity index (χ0n) is 16.0. The van der Waals surface area contributed by atoms with Crippen molar-refractivity contribution in [1.29, 1.82) is 0 Å². The second-order valence-corrected chi connectivity index (χ2v) is 7.28. The number of nitrogens with one attached hydrogen (secondary N) is 1. The second kappa shape index (κ2) is 7.56. The number of benzene rings is 3. The van der Waals surface area contributed by atoms with Crippen LogP contribution in [0.15, 0.2) is 84.1 Å². The van der Waals surface area contributed by atoms with Crippen molar-refractivity contribution in [3.8, 4) is 0 Å². The molecule has 1 atom stereocenters. The minimum absolute atomic E-state index is 0.0319. The molecule has 140 valence electrons. The van der Waals surface area contributed by atoms with E-state index in [1.165, 1.54) is 0 Å². The number of Topliss-reactive ketones (excluding diaryl/α,β-unsaturated/α-hetero) is 1. The van der Waals surface area contributed by atoms with Gasteiger partial charge in [0.25, 0.3) is 0 Å². The average molecular weight is 387 g/mol. The Hall–Kier alpha value is -2.98. The number of carbonyl (C=O) groups is 1. The van der Waals surface area contributed by atoms with E-state index in [0.29, 0.717) is 17.2 Å². The third-order valence-electron chi connectivity index (χ3n) is 5.33. The van der Waals surface area contributed by atoms with E-state index in [9.17, 15) is 4.79 Å². The Kier molecular flexibility index (Phi) is 4.97. The fourth-order valence-corrected chi connectivity index (χ4v) is 4.32. The predicted molar refractivity (Wildman–Crippen MR) is 118 cm³/mol. The van der Waals surface area contributed by atoms with Gasteiger partial charge in [0.1, 0.15) is 0 Å². The zero-order valence-corrected chi connectivity index (χ0v) is 16.8. The van der Waals surface area contributed by atoms with E-state index in [0.717, 1.165) is 27.6 Å². The van der Waals surface area contributed by atoms with Gasteiger partial charge in [-0.15, -0.1) is 0 Å². The second-order valence-electron chi connectivity index (χ2n) is 6.89. The summed E-state index contributed by atoms with van der Waals surface area (Å²) in [6.45, 7) is 4.75. The molecular formula is C24H22N2OS. The van der Waals surface area contributed by atoms with Gasteiger partial charge in [0, 0.05) is 23.4 Å². The summed E-state index contributed by atoms with van der Waals surface area (Å²) in [4.78, 5) is 15.5. The van der Waals surface area contributed by atoms with Crippen molar-refractivity contribution in [2.75, 3.05) is 6.54 Å². The smallest absolute Gasteiger partial charge is 0.193 e. The van der Waals surface area contributed by atoms with Crippen LogP contribution in [0.5, 0.6) is 0 Å². The minimum Gasteiger partial charge on any atom is -0.351 e. The van der Waals surface area contributed by atoms with Crippen molar-refractivity contribution < 1.29 is 4.79 Å². The van der Waals surface area contributed by atoms with Gasteiger partial charge in [-0.25, -0.2) is 0 Å². The van der Waals surface area contributed by atoms with E-state index in [1.807, 2.05) is 67.3 Å². The summed E-state index contributed by atoms with van der Waals surface area (Å²) in [6, 6.07) is 23.6. The molecule has 0 saturated carbocycles. The van der Waals surface area contributed by atoms with Crippen LogP contribution in [-0.2, 0) is 0 Å².